The number of nitriles is 1. The Hall–Kier alpha value is -2.37. The normalized spacial score (nSPS) is 11.2. The topological polar surface area (TPSA) is 79.0 Å². The Labute approximate surface area is 104 Å². The number of alkyl halides is 4. The Morgan fingerprint density at radius 2 is 2.11 bits per heavy atom. The summed E-state index contributed by atoms with van der Waals surface area (Å²) in [6.45, 7) is -1.34. The molecule has 0 aromatic heterocycles. The van der Waals surface area contributed by atoms with Crippen LogP contribution in [-0.4, -0.2) is 23.8 Å². The first-order chi connectivity index (χ1) is 8.77. The van der Waals surface area contributed by atoms with Crippen LogP contribution in [0, 0.1) is 21.4 Å². The molecule has 0 radical (unpaired) electrons. The Kier molecular flexibility index (Phi) is 4.26. The minimum Gasteiger partial charge on any atom is -0.379 e. The van der Waals surface area contributed by atoms with Crippen molar-refractivity contribution in [2.24, 2.45) is 0 Å². The summed E-state index contributed by atoms with van der Waals surface area (Å²) in [4.78, 5) is 9.70. The van der Waals surface area contributed by atoms with Crippen LogP contribution >= 0.6 is 0 Å². The third-order valence-corrected chi connectivity index (χ3v) is 2.16. The highest BCUT2D eigenvalue weighted by Crippen LogP contribution is 2.25. The number of nitrogens with one attached hydrogen (secondary N) is 1. The molecule has 0 bridgehead atoms. The lowest BCUT2D eigenvalue weighted by Crippen LogP contribution is -2.34. The third kappa shape index (κ3) is 3.54. The van der Waals surface area contributed by atoms with Gasteiger partial charge in [0, 0.05) is 11.8 Å². The first-order valence-corrected chi connectivity index (χ1v) is 4.86. The van der Waals surface area contributed by atoms with E-state index in [9.17, 15) is 27.7 Å². The number of nitro benzene ring substituents is 1. The van der Waals surface area contributed by atoms with Crippen LogP contribution in [0.2, 0.25) is 0 Å². The average molecular weight is 277 g/mol. The number of nitrogens with zero attached hydrogens (tertiary/aromatic N) is 2. The lowest BCUT2D eigenvalue weighted by Gasteiger charge is -2.16. The second-order valence-electron chi connectivity index (χ2n) is 3.52. The van der Waals surface area contributed by atoms with Crippen molar-refractivity contribution in [3.8, 4) is 6.07 Å². The van der Waals surface area contributed by atoms with Crippen molar-refractivity contribution in [1.82, 2.24) is 0 Å². The van der Waals surface area contributed by atoms with Gasteiger partial charge in [0.1, 0.15) is 11.6 Å². The fourth-order valence-corrected chi connectivity index (χ4v) is 1.19. The third-order valence-electron chi connectivity index (χ3n) is 2.16. The molecule has 0 heterocycles. The largest absolute Gasteiger partial charge is 0.379 e. The number of rotatable bonds is 5. The van der Waals surface area contributed by atoms with Crippen LogP contribution in [0.4, 0.5) is 28.9 Å². The molecule has 1 N–H and O–H groups in total. The second kappa shape index (κ2) is 5.51. The minimum absolute atomic E-state index is 0.0810. The van der Waals surface area contributed by atoms with E-state index in [1.165, 1.54) is 6.07 Å². The predicted octanol–water partition coefficient (Wildman–Crippen LogP) is 2.78. The van der Waals surface area contributed by atoms with Gasteiger partial charge in [-0.1, -0.05) is 0 Å². The van der Waals surface area contributed by atoms with Gasteiger partial charge in [-0.2, -0.15) is 14.0 Å². The molecule has 0 aliphatic carbocycles. The van der Waals surface area contributed by atoms with Gasteiger partial charge in [-0.25, -0.2) is 8.78 Å². The first-order valence-electron chi connectivity index (χ1n) is 4.86. The summed E-state index contributed by atoms with van der Waals surface area (Å²) in [6.07, 6.45) is -3.83. The summed E-state index contributed by atoms with van der Waals surface area (Å²) in [5.41, 5.74) is -0.925. The molecule has 5 nitrogen and oxygen atoms in total. The Balaban J connectivity index is 2.88. The number of halogens is 4. The average Bonchev–Trinajstić information content (AvgIpc) is 2.35. The van der Waals surface area contributed by atoms with Gasteiger partial charge in [-0.3, -0.25) is 10.1 Å². The molecule has 0 saturated carbocycles. The van der Waals surface area contributed by atoms with E-state index in [0.29, 0.717) is 0 Å². The van der Waals surface area contributed by atoms with E-state index in [2.05, 4.69) is 0 Å². The van der Waals surface area contributed by atoms with Crippen molar-refractivity contribution in [2.45, 2.75) is 12.3 Å². The molecule has 0 aliphatic rings. The number of nitro groups is 1. The Morgan fingerprint density at radius 3 is 2.58 bits per heavy atom. The molecule has 0 fully saturated rings. The molecule has 0 amide bonds. The number of benzene rings is 1. The van der Waals surface area contributed by atoms with E-state index in [1.807, 2.05) is 5.32 Å². The van der Waals surface area contributed by atoms with Gasteiger partial charge in [-0.15, -0.1) is 0 Å². The molecular formula is C10H7F4N3O2. The van der Waals surface area contributed by atoms with E-state index in [1.54, 1.807) is 0 Å². The summed E-state index contributed by atoms with van der Waals surface area (Å²) >= 11 is 0. The maximum absolute atomic E-state index is 12.6. The van der Waals surface area contributed by atoms with Gasteiger partial charge in [0.15, 0.2) is 0 Å². The Morgan fingerprint density at radius 1 is 1.47 bits per heavy atom. The molecule has 19 heavy (non-hydrogen) atoms. The Bertz CT molecular complexity index is 528. The van der Waals surface area contributed by atoms with Gasteiger partial charge in [-0.05, 0) is 12.1 Å². The zero-order chi connectivity index (χ0) is 14.6. The van der Waals surface area contributed by atoms with Crippen molar-refractivity contribution < 1.29 is 22.5 Å². The first kappa shape index (κ1) is 14.7. The van der Waals surface area contributed by atoms with Gasteiger partial charge in [0.05, 0.1) is 11.5 Å². The lowest BCUT2D eigenvalue weighted by molar-refractivity contribution is -0.385. The lowest BCUT2D eigenvalue weighted by atomic mass is 10.1. The summed E-state index contributed by atoms with van der Waals surface area (Å²) in [5.74, 6) is -4.23. The molecule has 9 heteroatoms. The van der Waals surface area contributed by atoms with Crippen molar-refractivity contribution in [2.75, 3.05) is 11.9 Å². The standard InChI is InChI=1S/C10H7F4N3O2/c11-9(12)10(13,14)5-16-7-1-2-8(17(18)19)6(3-7)4-15/h1-3,9,16H,5H2. The molecule has 0 saturated heterocycles. The van der Waals surface area contributed by atoms with E-state index >= 15 is 0 Å². The van der Waals surface area contributed by atoms with Gasteiger partial charge < -0.3 is 5.32 Å². The number of anilines is 1. The number of hydrogen-bond acceptors (Lipinski definition) is 4. The molecule has 1 rings (SSSR count). The highest BCUT2D eigenvalue weighted by molar-refractivity contribution is 5.58. The molecular weight excluding hydrogens is 270 g/mol. The molecule has 0 atom stereocenters. The monoisotopic (exact) mass is 277 g/mol. The second-order valence-corrected chi connectivity index (χ2v) is 3.52. The maximum atomic E-state index is 12.6. The molecule has 0 spiro atoms. The number of hydrogen-bond donors (Lipinski definition) is 1. The van der Waals surface area contributed by atoms with Crippen LogP contribution in [0.5, 0.6) is 0 Å². The summed E-state index contributed by atoms with van der Waals surface area (Å²) < 4.78 is 49.1. The highest BCUT2D eigenvalue weighted by atomic mass is 19.3. The molecule has 102 valence electrons. The fourth-order valence-electron chi connectivity index (χ4n) is 1.19. The van der Waals surface area contributed by atoms with Crippen molar-refractivity contribution in [1.29, 1.82) is 5.26 Å². The van der Waals surface area contributed by atoms with Crippen molar-refractivity contribution >= 4 is 11.4 Å². The minimum atomic E-state index is -4.23. The van der Waals surface area contributed by atoms with E-state index in [0.717, 1.165) is 18.2 Å². The quantitative estimate of drug-likeness (QED) is 0.510. The molecule has 1 aromatic carbocycles. The zero-order valence-corrected chi connectivity index (χ0v) is 9.24. The van der Waals surface area contributed by atoms with Crippen LogP contribution in [0.3, 0.4) is 0 Å². The molecule has 0 aliphatic heterocycles. The van der Waals surface area contributed by atoms with Gasteiger partial charge in [0.25, 0.3) is 5.69 Å². The summed E-state index contributed by atoms with van der Waals surface area (Å²) in [6, 6.07) is 4.45. The smallest absolute Gasteiger partial charge is 0.324 e. The van der Waals surface area contributed by atoms with Gasteiger partial charge >= 0.3 is 12.3 Å². The van der Waals surface area contributed by atoms with Gasteiger partial charge in [0.2, 0.25) is 0 Å². The summed E-state index contributed by atoms with van der Waals surface area (Å²) in [5, 5.41) is 21.2. The fraction of sp³-hybridized carbons (Fsp3) is 0.300. The van der Waals surface area contributed by atoms with Crippen LogP contribution in [-0.2, 0) is 0 Å². The van der Waals surface area contributed by atoms with E-state index < -0.39 is 29.5 Å². The van der Waals surface area contributed by atoms with E-state index in [4.69, 9.17) is 5.26 Å². The van der Waals surface area contributed by atoms with Crippen LogP contribution in [0.15, 0.2) is 18.2 Å². The zero-order valence-electron chi connectivity index (χ0n) is 9.24. The van der Waals surface area contributed by atoms with Crippen molar-refractivity contribution in [3.05, 3.63) is 33.9 Å². The van der Waals surface area contributed by atoms with Crippen LogP contribution in [0.25, 0.3) is 0 Å². The molecule has 1 aromatic rings. The van der Waals surface area contributed by atoms with Crippen molar-refractivity contribution in [3.63, 3.8) is 0 Å². The molecule has 0 unspecified atom stereocenters. The SMILES string of the molecule is N#Cc1cc(NCC(F)(F)C(F)F)ccc1[N+](=O)[O-]. The highest BCUT2D eigenvalue weighted by Gasteiger charge is 2.40. The predicted molar refractivity (Wildman–Crippen MR) is 57.3 cm³/mol. The van der Waals surface area contributed by atoms with E-state index in [-0.39, 0.29) is 11.3 Å². The summed E-state index contributed by atoms with van der Waals surface area (Å²) in [7, 11) is 0. The maximum Gasteiger partial charge on any atom is 0.324 e. The van der Waals surface area contributed by atoms with Crippen LogP contribution < -0.4 is 5.32 Å². The van der Waals surface area contributed by atoms with Crippen LogP contribution in [0.1, 0.15) is 5.56 Å².